The maximum absolute atomic E-state index is 13.3. The molecule has 1 aromatic carbocycles. The average molecular weight is 382 g/mol. The Morgan fingerprint density at radius 2 is 2.11 bits per heavy atom. The van der Waals surface area contributed by atoms with Crippen LogP contribution in [0.1, 0.15) is 41.9 Å². The highest BCUT2D eigenvalue weighted by atomic mass is 19.1. The van der Waals surface area contributed by atoms with Gasteiger partial charge in [0.05, 0.1) is 12.1 Å². The van der Waals surface area contributed by atoms with Gasteiger partial charge in [0.25, 0.3) is 0 Å². The zero-order valence-electron chi connectivity index (χ0n) is 15.9. The number of aromatic nitrogens is 2. The molecule has 0 saturated carbocycles. The van der Waals surface area contributed by atoms with Crippen LogP contribution in [-0.2, 0) is 29.0 Å². The Kier molecular flexibility index (Phi) is 5.07. The number of benzene rings is 1. The summed E-state index contributed by atoms with van der Waals surface area (Å²) < 4.78 is 13.3. The molecule has 0 bridgehead atoms. The van der Waals surface area contributed by atoms with Crippen molar-refractivity contribution in [1.29, 1.82) is 0 Å². The molecule has 2 aliphatic heterocycles. The zero-order valence-corrected chi connectivity index (χ0v) is 15.9. The number of amides is 2. The van der Waals surface area contributed by atoms with Crippen LogP contribution in [0.2, 0.25) is 0 Å². The number of fused-ring (bicyclic) bond motifs is 1. The highest BCUT2D eigenvalue weighted by Crippen LogP contribution is 2.27. The van der Waals surface area contributed by atoms with Gasteiger partial charge in [-0.05, 0) is 24.1 Å². The topological polar surface area (TPSA) is 66.4 Å². The van der Waals surface area contributed by atoms with Crippen LogP contribution in [-0.4, -0.2) is 51.2 Å². The molecule has 1 fully saturated rings. The van der Waals surface area contributed by atoms with Crippen molar-refractivity contribution in [1.82, 2.24) is 19.8 Å². The first-order chi connectivity index (χ1) is 13.5. The molecule has 146 valence electrons. The summed E-state index contributed by atoms with van der Waals surface area (Å²) in [6.07, 6.45) is 3.59. The number of carbonyl (C=O) groups is 2. The standard InChI is InChI=1S/C21H23FN4O2/c1-14(27)25-8-6-19-17(13-25)11-23-21(24-19)16-5-7-26(12-16)20(28)10-15-3-2-4-18(22)9-15/h2-4,9,11,16H,5-8,10,12-13H2,1H3/t16-/m1/s1. The zero-order chi connectivity index (χ0) is 19.7. The summed E-state index contributed by atoms with van der Waals surface area (Å²) >= 11 is 0. The van der Waals surface area contributed by atoms with E-state index >= 15 is 0 Å². The van der Waals surface area contributed by atoms with Crippen LogP contribution in [0.4, 0.5) is 4.39 Å². The van der Waals surface area contributed by atoms with Gasteiger partial charge in [0, 0.05) is 57.2 Å². The second kappa shape index (κ2) is 7.66. The van der Waals surface area contributed by atoms with E-state index < -0.39 is 0 Å². The van der Waals surface area contributed by atoms with Gasteiger partial charge >= 0.3 is 0 Å². The minimum Gasteiger partial charge on any atom is -0.342 e. The molecule has 0 N–H and O–H groups in total. The molecule has 1 aromatic heterocycles. The van der Waals surface area contributed by atoms with Crippen molar-refractivity contribution in [3.63, 3.8) is 0 Å². The largest absolute Gasteiger partial charge is 0.342 e. The predicted molar refractivity (Wildman–Crippen MR) is 101 cm³/mol. The first kappa shape index (κ1) is 18.5. The van der Waals surface area contributed by atoms with Gasteiger partial charge in [-0.25, -0.2) is 14.4 Å². The molecule has 3 heterocycles. The molecule has 1 saturated heterocycles. The molecule has 28 heavy (non-hydrogen) atoms. The van der Waals surface area contributed by atoms with Crippen molar-refractivity contribution < 1.29 is 14.0 Å². The highest BCUT2D eigenvalue weighted by molar-refractivity contribution is 5.79. The molecule has 0 spiro atoms. The van der Waals surface area contributed by atoms with Crippen LogP contribution >= 0.6 is 0 Å². The molecule has 7 heteroatoms. The second-order valence-electron chi connectivity index (χ2n) is 7.52. The van der Waals surface area contributed by atoms with E-state index in [-0.39, 0.29) is 30.0 Å². The van der Waals surface area contributed by atoms with E-state index in [1.165, 1.54) is 12.1 Å². The van der Waals surface area contributed by atoms with Crippen molar-refractivity contribution in [2.75, 3.05) is 19.6 Å². The lowest BCUT2D eigenvalue weighted by molar-refractivity contribution is -0.130. The van der Waals surface area contributed by atoms with Crippen LogP contribution in [0.5, 0.6) is 0 Å². The van der Waals surface area contributed by atoms with E-state index in [2.05, 4.69) is 4.98 Å². The van der Waals surface area contributed by atoms with E-state index in [0.717, 1.165) is 29.9 Å². The summed E-state index contributed by atoms with van der Waals surface area (Å²) in [7, 11) is 0. The fourth-order valence-corrected chi connectivity index (χ4v) is 3.93. The number of hydrogen-bond donors (Lipinski definition) is 0. The Balaban J connectivity index is 1.40. The quantitative estimate of drug-likeness (QED) is 0.815. The van der Waals surface area contributed by atoms with Gasteiger partial charge in [0.15, 0.2) is 0 Å². The Morgan fingerprint density at radius 3 is 2.89 bits per heavy atom. The molecular weight excluding hydrogens is 359 g/mol. The number of nitrogens with zero attached hydrogens (tertiary/aromatic N) is 4. The van der Waals surface area contributed by atoms with Crippen molar-refractivity contribution in [3.05, 3.63) is 58.9 Å². The summed E-state index contributed by atoms with van der Waals surface area (Å²) in [4.78, 5) is 37.0. The Labute approximate surface area is 163 Å². The average Bonchev–Trinajstić information content (AvgIpc) is 3.17. The molecule has 6 nitrogen and oxygen atoms in total. The van der Waals surface area contributed by atoms with Crippen molar-refractivity contribution in [2.45, 2.75) is 38.6 Å². The summed E-state index contributed by atoms with van der Waals surface area (Å²) in [5.41, 5.74) is 2.70. The SMILES string of the molecule is CC(=O)N1CCc2nc([C@@H]3CCN(C(=O)Cc4cccc(F)c4)C3)ncc2C1. The van der Waals surface area contributed by atoms with Gasteiger partial charge < -0.3 is 9.80 Å². The van der Waals surface area contributed by atoms with Gasteiger partial charge in [-0.1, -0.05) is 12.1 Å². The van der Waals surface area contributed by atoms with Crippen molar-refractivity contribution >= 4 is 11.8 Å². The first-order valence-electron chi connectivity index (χ1n) is 9.62. The molecule has 0 unspecified atom stereocenters. The number of rotatable bonds is 3. The Morgan fingerprint density at radius 1 is 1.25 bits per heavy atom. The summed E-state index contributed by atoms with van der Waals surface area (Å²) in [5, 5.41) is 0. The van der Waals surface area contributed by atoms with E-state index in [1.807, 2.05) is 11.1 Å². The number of halogens is 1. The van der Waals surface area contributed by atoms with E-state index in [1.54, 1.807) is 24.0 Å². The molecule has 0 aliphatic carbocycles. The lowest BCUT2D eigenvalue weighted by Crippen LogP contribution is -2.35. The molecule has 1 atom stereocenters. The maximum atomic E-state index is 13.3. The fourth-order valence-electron chi connectivity index (χ4n) is 3.93. The van der Waals surface area contributed by atoms with Crippen molar-refractivity contribution in [2.24, 2.45) is 0 Å². The summed E-state index contributed by atoms with van der Waals surface area (Å²) in [6.45, 7) is 4.08. The van der Waals surface area contributed by atoms with Crippen LogP contribution in [0.3, 0.4) is 0 Å². The number of hydrogen-bond acceptors (Lipinski definition) is 4. The molecule has 4 rings (SSSR count). The van der Waals surface area contributed by atoms with E-state index in [9.17, 15) is 14.0 Å². The molecule has 2 aliphatic rings. The Bertz CT molecular complexity index is 917. The molecule has 0 radical (unpaired) electrons. The molecule has 2 amide bonds. The minimum absolute atomic E-state index is 0.00293. The van der Waals surface area contributed by atoms with Crippen LogP contribution in [0.15, 0.2) is 30.5 Å². The van der Waals surface area contributed by atoms with E-state index in [0.29, 0.717) is 31.7 Å². The second-order valence-corrected chi connectivity index (χ2v) is 7.52. The number of carbonyl (C=O) groups excluding carboxylic acids is 2. The normalized spacial score (nSPS) is 18.9. The summed E-state index contributed by atoms with van der Waals surface area (Å²) in [5.74, 6) is 0.639. The highest BCUT2D eigenvalue weighted by Gasteiger charge is 2.30. The minimum atomic E-state index is -0.324. The maximum Gasteiger partial charge on any atom is 0.227 e. The third-order valence-electron chi connectivity index (χ3n) is 5.55. The summed E-state index contributed by atoms with van der Waals surface area (Å²) in [6, 6.07) is 6.18. The van der Waals surface area contributed by atoms with Gasteiger partial charge in [-0.2, -0.15) is 0 Å². The van der Waals surface area contributed by atoms with E-state index in [4.69, 9.17) is 4.98 Å². The monoisotopic (exact) mass is 382 g/mol. The van der Waals surface area contributed by atoms with Crippen molar-refractivity contribution in [3.8, 4) is 0 Å². The van der Waals surface area contributed by atoms with Crippen LogP contribution in [0, 0.1) is 5.82 Å². The van der Waals surface area contributed by atoms with Crippen LogP contribution in [0.25, 0.3) is 0 Å². The smallest absolute Gasteiger partial charge is 0.227 e. The fraction of sp³-hybridized carbons (Fsp3) is 0.429. The predicted octanol–water partition coefficient (Wildman–Crippen LogP) is 2.08. The lowest BCUT2D eigenvalue weighted by Gasteiger charge is -2.27. The molecule has 2 aromatic rings. The number of likely N-dealkylation sites (tertiary alicyclic amines) is 1. The third-order valence-corrected chi connectivity index (χ3v) is 5.55. The third kappa shape index (κ3) is 3.88. The molecular formula is C21H23FN4O2. The van der Waals surface area contributed by atoms with Crippen LogP contribution < -0.4 is 0 Å². The first-order valence-corrected chi connectivity index (χ1v) is 9.62. The van der Waals surface area contributed by atoms with Gasteiger partial charge in [-0.15, -0.1) is 0 Å². The Hall–Kier alpha value is -2.83. The lowest BCUT2D eigenvalue weighted by atomic mass is 10.0. The van der Waals surface area contributed by atoms with Gasteiger partial charge in [-0.3, -0.25) is 9.59 Å². The van der Waals surface area contributed by atoms with Gasteiger partial charge in [0.2, 0.25) is 11.8 Å². The van der Waals surface area contributed by atoms with Gasteiger partial charge in [0.1, 0.15) is 11.6 Å².